The van der Waals surface area contributed by atoms with Gasteiger partial charge in [0.25, 0.3) is 0 Å². The maximum absolute atomic E-state index is 13.3. The van der Waals surface area contributed by atoms with Gasteiger partial charge >= 0.3 is 0 Å². The van der Waals surface area contributed by atoms with Crippen molar-refractivity contribution in [1.29, 1.82) is 0 Å². The number of hydrogen-bond acceptors (Lipinski definition) is 2. The van der Waals surface area contributed by atoms with Gasteiger partial charge in [-0.1, -0.05) is 36.4 Å². The van der Waals surface area contributed by atoms with Crippen LogP contribution in [0.1, 0.15) is 29.0 Å². The lowest BCUT2D eigenvalue weighted by molar-refractivity contribution is -0.129. The summed E-state index contributed by atoms with van der Waals surface area (Å²) in [6, 6.07) is 14.5. The number of halogens is 1. The van der Waals surface area contributed by atoms with Crippen LogP contribution in [0.2, 0.25) is 0 Å². The Morgan fingerprint density at radius 1 is 1.17 bits per heavy atom. The first-order valence-corrected chi connectivity index (χ1v) is 7.97. The van der Waals surface area contributed by atoms with Crippen LogP contribution in [0.5, 0.6) is 0 Å². The zero-order valence-corrected chi connectivity index (χ0v) is 13.0. The summed E-state index contributed by atoms with van der Waals surface area (Å²) in [4.78, 5) is 14.4. The molecule has 2 N–H and O–H groups in total. The van der Waals surface area contributed by atoms with E-state index in [1.165, 1.54) is 6.07 Å². The molecule has 2 aromatic rings. The molecular weight excluding hydrogens is 291 g/mol. The molecule has 0 radical (unpaired) electrons. The van der Waals surface area contributed by atoms with E-state index in [0.29, 0.717) is 19.5 Å². The zero-order chi connectivity index (χ0) is 16.2. The fourth-order valence-corrected chi connectivity index (χ4v) is 3.17. The van der Waals surface area contributed by atoms with E-state index in [0.717, 1.165) is 29.7 Å². The van der Waals surface area contributed by atoms with Crippen molar-refractivity contribution in [1.82, 2.24) is 4.90 Å². The molecule has 1 unspecified atom stereocenters. The number of likely N-dealkylation sites (tertiary alicyclic amines) is 1. The van der Waals surface area contributed by atoms with E-state index in [1.807, 2.05) is 35.2 Å². The quantitative estimate of drug-likeness (QED) is 0.943. The molecule has 1 aliphatic heterocycles. The monoisotopic (exact) mass is 312 g/mol. The van der Waals surface area contributed by atoms with Gasteiger partial charge in [0.1, 0.15) is 5.82 Å². The van der Waals surface area contributed by atoms with E-state index in [2.05, 4.69) is 0 Å². The highest BCUT2D eigenvalue weighted by molar-refractivity contribution is 5.79. The second-order valence-corrected chi connectivity index (χ2v) is 6.08. The topological polar surface area (TPSA) is 46.3 Å². The van der Waals surface area contributed by atoms with Crippen LogP contribution in [0.15, 0.2) is 48.5 Å². The molecule has 23 heavy (non-hydrogen) atoms. The molecule has 120 valence electrons. The first-order chi connectivity index (χ1) is 11.2. The van der Waals surface area contributed by atoms with E-state index >= 15 is 0 Å². The first-order valence-electron chi connectivity index (χ1n) is 7.97. The molecule has 1 atom stereocenters. The van der Waals surface area contributed by atoms with Crippen LogP contribution in [0.25, 0.3) is 0 Å². The average Bonchev–Trinajstić information content (AvgIpc) is 3.05. The Labute approximate surface area is 135 Å². The van der Waals surface area contributed by atoms with Gasteiger partial charge in [-0.3, -0.25) is 4.79 Å². The van der Waals surface area contributed by atoms with Gasteiger partial charge in [-0.15, -0.1) is 0 Å². The van der Waals surface area contributed by atoms with Gasteiger partial charge < -0.3 is 10.6 Å². The highest BCUT2D eigenvalue weighted by Crippen LogP contribution is 2.28. The summed E-state index contributed by atoms with van der Waals surface area (Å²) >= 11 is 0. The molecule has 4 heteroatoms. The highest BCUT2D eigenvalue weighted by Gasteiger charge is 2.27. The summed E-state index contributed by atoms with van der Waals surface area (Å²) in [5, 5.41) is 0. The molecule has 1 saturated heterocycles. The van der Waals surface area contributed by atoms with Gasteiger partial charge in [-0.25, -0.2) is 4.39 Å². The number of carbonyl (C=O) groups excluding carboxylic acids is 1. The predicted octanol–water partition coefficient (Wildman–Crippen LogP) is 2.84. The number of nitrogens with two attached hydrogens (primary N) is 1. The molecule has 1 aliphatic rings. The summed E-state index contributed by atoms with van der Waals surface area (Å²) in [5.41, 5.74) is 8.65. The molecule has 2 aromatic carbocycles. The molecule has 0 spiro atoms. The van der Waals surface area contributed by atoms with Crippen molar-refractivity contribution in [3.05, 3.63) is 71.0 Å². The maximum atomic E-state index is 13.3. The van der Waals surface area contributed by atoms with Gasteiger partial charge in [0.2, 0.25) is 5.91 Å². The van der Waals surface area contributed by atoms with Gasteiger partial charge in [0.05, 0.1) is 6.42 Å². The standard InChI is InChI=1S/C19H21FN2O/c20-18-6-2-5-16(11-18)17-7-8-22(13-17)19(23)10-14-3-1-4-15(9-14)12-21/h1-6,9,11,17H,7-8,10,12-13,21H2. The summed E-state index contributed by atoms with van der Waals surface area (Å²) < 4.78 is 13.3. The first kappa shape index (κ1) is 15.7. The Bertz CT molecular complexity index is 701. The third kappa shape index (κ3) is 3.77. The Morgan fingerprint density at radius 3 is 2.74 bits per heavy atom. The maximum Gasteiger partial charge on any atom is 0.227 e. The van der Waals surface area contributed by atoms with E-state index in [-0.39, 0.29) is 17.6 Å². The second kappa shape index (κ2) is 6.92. The molecule has 1 heterocycles. The molecule has 1 fully saturated rings. The fraction of sp³-hybridized carbons (Fsp3) is 0.316. The van der Waals surface area contributed by atoms with Crippen molar-refractivity contribution >= 4 is 5.91 Å². The van der Waals surface area contributed by atoms with Gasteiger partial charge in [0.15, 0.2) is 0 Å². The molecule has 0 aromatic heterocycles. The third-order valence-electron chi connectivity index (χ3n) is 4.44. The Hall–Kier alpha value is -2.20. The van der Waals surface area contributed by atoms with Crippen LogP contribution in [-0.2, 0) is 17.8 Å². The SMILES string of the molecule is NCc1cccc(CC(=O)N2CCC(c3cccc(F)c3)C2)c1. The second-order valence-electron chi connectivity index (χ2n) is 6.08. The minimum absolute atomic E-state index is 0.123. The van der Waals surface area contributed by atoms with E-state index in [9.17, 15) is 9.18 Å². The van der Waals surface area contributed by atoms with Gasteiger partial charge in [-0.05, 0) is 35.2 Å². The van der Waals surface area contributed by atoms with Crippen molar-refractivity contribution in [2.75, 3.05) is 13.1 Å². The zero-order valence-electron chi connectivity index (χ0n) is 13.0. The summed E-state index contributed by atoms with van der Waals surface area (Å²) in [6.45, 7) is 1.88. The van der Waals surface area contributed by atoms with Crippen molar-refractivity contribution in [3.8, 4) is 0 Å². The van der Waals surface area contributed by atoms with Crippen LogP contribution in [0.3, 0.4) is 0 Å². The lowest BCUT2D eigenvalue weighted by Gasteiger charge is -2.17. The highest BCUT2D eigenvalue weighted by atomic mass is 19.1. The molecule has 3 nitrogen and oxygen atoms in total. The number of rotatable bonds is 4. The molecule has 3 rings (SSSR count). The lowest BCUT2D eigenvalue weighted by Crippen LogP contribution is -2.29. The van der Waals surface area contributed by atoms with E-state index in [4.69, 9.17) is 5.73 Å². The number of amides is 1. The molecule has 0 bridgehead atoms. The number of hydrogen-bond donors (Lipinski definition) is 1. The smallest absolute Gasteiger partial charge is 0.227 e. The van der Waals surface area contributed by atoms with Crippen LogP contribution in [-0.4, -0.2) is 23.9 Å². The number of carbonyl (C=O) groups is 1. The molecular formula is C19H21FN2O. The molecule has 0 saturated carbocycles. The molecule has 1 amide bonds. The Kier molecular flexibility index (Phi) is 4.72. The van der Waals surface area contributed by atoms with Crippen LogP contribution in [0, 0.1) is 5.82 Å². The summed E-state index contributed by atoms with van der Waals surface area (Å²) in [5.74, 6) is 0.133. The van der Waals surface area contributed by atoms with Gasteiger partial charge in [-0.2, -0.15) is 0 Å². The van der Waals surface area contributed by atoms with Crippen LogP contribution < -0.4 is 5.73 Å². The predicted molar refractivity (Wildman–Crippen MR) is 88.4 cm³/mol. The van der Waals surface area contributed by atoms with Crippen molar-refractivity contribution in [2.45, 2.75) is 25.3 Å². The minimum Gasteiger partial charge on any atom is -0.342 e. The largest absolute Gasteiger partial charge is 0.342 e. The van der Waals surface area contributed by atoms with E-state index in [1.54, 1.807) is 12.1 Å². The van der Waals surface area contributed by atoms with E-state index < -0.39 is 0 Å². The van der Waals surface area contributed by atoms with Crippen LogP contribution in [0.4, 0.5) is 4.39 Å². The van der Waals surface area contributed by atoms with Crippen LogP contribution >= 0.6 is 0 Å². The fourth-order valence-electron chi connectivity index (χ4n) is 3.17. The summed E-state index contributed by atoms with van der Waals surface area (Å²) in [7, 11) is 0. The van der Waals surface area contributed by atoms with Crippen molar-refractivity contribution in [2.24, 2.45) is 5.73 Å². The molecule has 0 aliphatic carbocycles. The van der Waals surface area contributed by atoms with Crippen molar-refractivity contribution < 1.29 is 9.18 Å². The number of nitrogens with zero attached hydrogens (tertiary/aromatic N) is 1. The summed E-state index contributed by atoms with van der Waals surface area (Å²) in [6.07, 6.45) is 1.28. The number of benzene rings is 2. The average molecular weight is 312 g/mol. The minimum atomic E-state index is -0.217. The van der Waals surface area contributed by atoms with Crippen molar-refractivity contribution in [3.63, 3.8) is 0 Å². The third-order valence-corrected chi connectivity index (χ3v) is 4.44. The normalized spacial score (nSPS) is 17.5. The van der Waals surface area contributed by atoms with Gasteiger partial charge in [0, 0.05) is 25.6 Å². The Balaban J connectivity index is 1.63. The Morgan fingerprint density at radius 2 is 1.96 bits per heavy atom. The lowest BCUT2D eigenvalue weighted by atomic mass is 9.98.